The molecule has 1 aromatic heterocycles. The maximum Gasteiger partial charge on any atom is 0.227 e. The SMILES string of the molecule is Clc1nc(Cl)nc(Sc2ccc3c(c2)OCCCO3)n1. The Kier molecular flexibility index (Phi) is 4.14. The fraction of sp³-hybridized carbons (Fsp3) is 0.250. The molecule has 3 rings (SSSR count). The average Bonchev–Trinajstić information content (AvgIpc) is 2.62. The molecule has 0 saturated carbocycles. The van der Waals surface area contributed by atoms with Gasteiger partial charge < -0.3 is 9.47 Å². The Balaban J connectivity index is 1.85. The lowest BCUT2D eigenvalue weighted by molar-refractivity contribution is 0.297. The van der Waals surface area contributed by atoms with E-state index in [1.54, 1.807) is 0 Å². The summed E-state index contributed by atoms with van der Waals surface area (Å²) in [5.41, 5.74) is 0. The van der Waals surface area contributed by atoms with Crippen LogP contribution < -0.4 is 9.47 Å². The van der Waals surface area contributed by atoms with Crippen molar-refractivity contribution in [2.24, 2.45) is 0 Å². The minimum absolute atomic E-state index is 0.0712. The molecule has 0 atom stereocenters. The number of benzene rings is 1. The molecule has 1 aliphatic rings. The fourth-order valence-electron chi connectivity index (χ4n) is 1.67. The number of halogens is 2. The van der Waals surface area contributed by atoms with Crippen LogP contribution in [0.3, 0.4) is 0 Å². The monoisotopic (exact) mass is 329 g/mol. The predicted molar refractivity (Wildman–Crippen MR) is 76.0 cm³/mol. The van der Waals surface area contributed by atoms with Crippen LogP contribution in [-0.2, 0) is 0 Å². The molecule has 0 aliphatic carbocycles. The van der Waals surface area contributed by atoms with Crippen LogP contribution in [0.15, 0.2) is 28.3 Å². The van der Waals surface area contributed by atoms with Gasteiger partial charge in [-0.3, -0.25) is 0 Å². The maximum atomic E-state index is 5.75. The molecule has 8 heteroatoms. The molecule has 20 heavy (non-hydrogen) atoms. The molecular formula is C12H9Cl2N3O2S. The summed E-state index contributed by atoms with van der Waals surface area (Å²) < 4.78 is 11.2. The zero-order chi connectivity index (χ0) is 13.9. The number of aromatic nitrogens is 3. The molecule has 104 valence electrons. The Hall–Kier alpha value is -1.24. The zero-order valence-corrected chi connectivity index (χ0v) is 12.5. The van der Waals surface area contributed by atoms with E-state index in [0.717, 1.165) is 22.8 Å². The number of hydrogen-bond acceptors (Lipinski definition) is 6. The highest BCUT2D eigenvalue weighted by Gasteiger charge is 2.12. The highest BCUT2D eigenvalue weighted by atomic mass is 35.5. The van der Waals surface area contributed by atoms with Crippen LogP contribution in [0.5, 0.6) is 11.5 Å². The summed E-state index contributed by atoms with van der Waals surface area (Å²) in [6.07, 6.45) is 0.871. The average molecular weight is 330 g/mol. The standard InChI is InChI=1S/C12H9Cl2N3O2S/c13-10-15-11(14)17-12(16-10)20-7-2-3-8-9(6-7)19-5-1-4-18-8/h2-3,6H,1,4-5H2. The lowest BCUT2D eigenvalue weighted by atomic mass is 10.3. The summed E-state index contributed by atoms with van der Waals surface area (Å²) in [5.74, 6) is 1.47. The molecule has 0 N–H and O–H groups in total. The molecule has 0 unspecified atom stereocenters. The summed E-state index contributed by atoms with van der Waals surface area (Å²) in [4.78, 5) is 12.6. The van der Waals surface area contributed by atoms with E-state index in [0.29, 0.717) is 18.4 Å². The summed E-state index contributed by atoms with van der Waals surface area (Å²) in [7, 11) is 0. The summed E-state index contributed by atoms with van der Waals surface area (Å²) in [6.45, 7) is 1.31. The first-order valence-electron chi connectivity index (χ1n) is 5.85. The van der Waals surface area contributed by atoms with Crippen LogP contribution in [0.4, 0.5) is 0 Å². The van der Waals surface area contributed by atoms with Crippen molar-refractivity contribution in [3.63, 3.8) is 0 Å². The van der Waals surface area contributed by atoms with Gasteiger partial charge in [0.2, 0.25) is 10.6 Å². The largest absolute Gasteiger partial charge is 0.490 e. The minimum Gasteiger partial charge on any atom is -0.490 e. The number of hydrogen-bond donors (Lipinski definition) is 0. The first-order valence-corrected chi connectivity index (χ1v) is 7.42. The fourth-order valence-corrected chi connectivity index (χ4v) is 2.91. The van der Waals surface area contributed by atoms with E-state index in [-0.39, 0.29) is 10.6 Å². The van der Waals surface area contributed by atoms with Gasteiger partial charge in [0, 0.05) is 11.3 Å². The van der Waals surface area contributed by atoms with E-state index < -0.39 is 0 Å². The second-order valence-electron chi connectivity index (χ2n) is 3.92. The normalized spacial score (nSPS) is 13.9. The summed E-state index contributed by atoms with van der Waals surface area (Å²) >= 11 is 12.8. The number of nitrogens with zero attached hydrogens (tertiary/aromatic N) is 3. The number of rotatable bonds is 2. The van der Waals surface area contributed by atoms with E-state index in [9.17, 15) is 0 Å². The van der Waals surface area contributed by atoms with Gasteiger partial charge >= 0.3 is 0 Å². The van der Waals surface area contributed by atoms with E-state index in [1.807, 2.05) is 18.2 Å². The Morgan fingerprint density at radius 2 is 1.65 bits per heavy atom. The second-order valence-corrected chi connectivity index (χ2v) is 5.63. The highest BCUT2D eigenvalue weighted by Crippen LogP contribution is 2.35. The van der Waals surface area contributed by atoms with Gasteiger partial charge in [-0.1, -0.05) is 0 Å². The molecule has 0 radical (unpaired) electrons. The molecule has 5 nitrogen and oxygen atoms in total. The van der Waals surface area contributed by atoms with Crippen molar-refractivity contribution >= 4 is 35.0 Å². The second kappa shape index (κ2) is 6.03. The number of ether oxygens (including phenoxy) is 2. The van der Waals surface area contributed by atoms with E-state index in [4.69, 9.17) is 32.7 Å². The van der Waals surface area contributed by atoms with Gasteiger partial charge in [-0.25, -0.2) is 0 Å². The zero-order valence-electron chi connectivity index (χ0n) is 10.2. The maximum absolute atomic E-state index is 5.75. The summed E-state index contributed by atoms with van der Waals surface area (Å²) in [6, 6.07) is 5.66. The van der Waals surface area contributed by atoms with Gasteiger partial charge in [-0.05, 0) is 53.2 Å². The van der Waals surface area contributed by atoms with Gasteiger partial charge in [0.05, 0.1) is 13.2 Å². The molecular weight excluding hydrogens is 321 g/mol. The quantitative estimate of drug-likeness (QED) is 0.840. The van der Waals surface area contributed by atoms with E-state index >= 15 is 0 Å². The molecule has 2 aromatic rings. The Morgan fingerprint density at radius 3 is 2.40 bits per heavy atom. The van der Waals surface area contributed by atoms with Crippen molar-refractivity contribution in [1.29, 1.82) is 0 Å². The van der Waals surface area contributed by atoms with E-state index in [2.05, 4.69) is 15.0 Å². The molecule has 1 aliphatic heterocycles. The molecule has 2 heterocycles. The topological polar surface area (TPSA) is 57.1 Å². The molecule has 0 fully saturated rings. The molecule has 0 amide bonds. The molecule has 0 spiro atoms. The van der Waals surface area contributed by atoms with Gasteiger partial charge in [-0.2, -0.15) is 15.0 Å². The van der Waals surface area contributed by atoms with Gasteiger partial charge in [0.25, 0.3) is 0 Å². The number of fused-ring (bicyclic) bond motifs is 1. The Labute approximate surface area is 129 Å². The van der Waals surface area contributed by atoms with Crippen molar-refractivity contribution in [2.45, 2.75) is 16.5 Å². The van der Waals surface area contributed by atoms with Crippen LogP contribution >= 0.6 is 35.0 Å². The van der Waals surface area contributed by atoms with Crippen LogP contribution in [-0.4, -0.2) is 28.2 Å². The molecule has 0 saturated heterocycles. The highest BCUT2D eigenvalue weighted by molar-refractivity contribution is 7.99. The summed E-state index contributed by atoms with van der Waals surface area (Å²) in [5, 5.41) is 0.577. The third-order valence-corrected chi connectivity index (χ3v) is 3.68. The Morgan fingerprint density at radius 1 is 0.950 bits per heavy atom. The smallest absolute Gasteiger partial charge is 0.227 e. The minimum atomic E-state index is 0.0712. The van der Waals surface area contributed by atoms with Crippen LogP contribution in [0, 0.1) is 0 Å². The van der Waals surface area contributed by atoms with Crippen molar-refractivity contribution < 1.29 is 9.47 Å². The first kappa shape index (κ1) is 13.7. The van der Waals surface area contributed by atoms with Crippen molar-refractivity contribution in [3.05, 3.63) is 28.8 Å². The lowest BCUT2D eigenvalue weighted by Gasteiger charge is -2.08. The Bertz CT molecular complexity index is 622. The van der Waals surface area contributed by atoms with Crippen molar-refractivity contribution in [3.8, 4) is 11.5 Å². The van der Waals surface area contributed by atoms with Gasteiger partial charge in [-0.15, -0.1) is 0 Å². The molecule has 1 aromatic carbocycles. The van der Waals surface area contributed by atoms with Crippen molar-refractivity contribution in [1.82, 2.24) is 15.0 Å². The lowest BCUT2D eigenvalue weighted by Crippen LogP contribution is -1.97. The predicted octanol–water partition coefficient (Wildman–Crippen LogP) is 3.49. The third kappa shape index (κ3) is 3.26. The van der Waals surface area contributed by atoms with Crippen molar-refractivity contribution in [2.75, 3.05) is 13.2 Å². The first-order chi connectivity index (χ1) is 9.70. The van der Waals surface area contributed by atoms with Gasteiger partial charge in [0.1, 0.15) is 0 Å². The van der Waals surface area contributed by atoms with E-state index in [1.165, 1.54) is 11.8 Å². The van der Waals surface area contributed by atoms with Crippen LogP contribution in [0.1, 0.15) is 6.42 Å². The van der Waals surface area contributed by atoms with Crippen LogP contribution in [0.2, 0.25) is 10.6 Å². The third-order valence-electron chi connectivity index (χ3n) is 2.49. The van der Waals surface area contributed by atoms with Crippen LogP contribution in [0.25, 0.3) is 0 Å². The van der Waals surface area contributed by atoms with Gasteiger partial charge in [0.15, 0.2) is 16.7 Å². The molecule has 0 bridgehead atoms.